The molecule has 11 heteroatoms. The van der Waals surface area contributed by atoms with E-state index in [4.69, 9.17) is 10.5 Å². The highest BCUT2D eigenvalue weighted by molar-refractivity contribution is 5.97. The number of nitrogens with zero attached hydrogens (tertiary/aromatic N) is 4. The number of anilines is 2. The zero-order valence-electron chi connectivity index (χ0n) is 18.2. The van der Waals surface area contributed by atoms with Crippen LogP contribution >= 0.6 is 0 Å². The van der Waals surface area contributed by atoms with Gasteiger partial charge in [0.15, 0.2) is 5.60 Å². The van der Waals surface area contributed by atoms with Gasteiger partial charge in [0.2, 0.25) is 0 Å². The maximum absolute atomic E-state index is 13.9. The van der Waals surface area contributed by atoms with Crippen molar-refractivity contribution in [1.82, 2.24) is 4.90 Å². The number of benzene rings is 2. The fourth-order valence-corrected chi connectivity index (χ4v) is 3.68. The van der Waals surface area contributed by atoms with Gasteiger partial charge in [0.1, 0.15) is 11.9 Å². The maximum atomic E-state index is 13.9. The molecule has 1 fully saturated rings. The Balaban J connectivity index is 1.61. The highest BCUT2D eigenvalue weighted by Crippen LogP contribution is 2.33. The maximum Gasteiger partial charge on any atom is 0.417 e. The third-order valence-electron chi connectivity index (χ3n) is 5.53. The smallest absolute Gasteiger partial charge is 0.379 e. The van der Waals surface area contributed by atoms with E-state index in [2.05, 4.69) is 5.32 Å². The number of alkyl halides is 3. The van der Waals surface area contributed by atoms with Gasteiger partial charge in [0.05, 0.1) is 22.8 Å². The van der Waals surface area contributed by atoms with Crippen molar-refractivity contribution in [1.29, 1.82) is 10.5 Å². The van der Waals surface area contributed by atoms with Crippen molar-refractivity contribution in [2.24, 2.45) is 0 Å². The molecule has 1 unspecified atom stereocenters. The Morgan fingerprint density at radius 3 is 2.24 bits per heavy atom. The Kier molecular flexibility index (Phi) is 7.10. The summed E-state index contributed by atoms with van der Waals surface area (Å²) in [7, 11) is 0. The predicted molar refractivity (Wildman–Crippen MR) is 115 cm³/mol. The summed E-state index contributed by atoms with van der Waals surface area (Å²) < 4.78 is 53.3. The summed E-state index contributed by atoms with van der Waals surface area (Å²) in [6.07, 6.45) is -4.77. The Morgan fingerprint density at radius 1 is 1.06 bits per heavy atom. The summed E-state index contributed by atoms with van der Waals surface area (Å²) in [5, 5.41) is 30.7. The predicted octanol–water partition coefficient (Wildman–Crippen LogP) is 3.10. The van der Waals surface area contributed by atoms with Gasteiger partial charge in [-0.3, -0.25) is 9.69 Å². The molecule has 0 radical (unpaired) electrons. The van der Waals surface area contributed by atoms with Gasteiger partial charge in [-0.05, 0) is 43.3 Å². The lowest BCUT2D eigenvalue weighted by Crippen LogP contribution is -2.54. The number of β-amino-alcohol motifs (C(OH)–C–C–N with tert-alkyl or cyclic N) is 1. The molecule has 1 heterocycles. The number of halogens is 4. The highest BCUT2D eigenvalue weighted by Gasteiger charge is 2.36. The fourth-order valence-electron chi connectivity index (χ4n) is 3.68. The zero-order chi connectivity index (χ0) is 25.1. The largest absolute Gasteiger partial charge is 0.417 e. The fraction of sp³-hybridized carbons (Fsp3) is 0.348. The van der Waals surface area contributed by atoms with Crippen molar-refractivity contribution in [3.05, 3.63) is 58.9 Å². The minimum atomic E-state index is -4.77. The van der Waals surface area contributed by atoms with Gasteiger partial charge in [-0.1, -0.05) is 0 Å². The number of nitriles is 2. The molecule has 7 nitrogen and oxygen atoms in total. The molecule has 2 aromatic carbocycles. The van der Waals surface area contributed by atoms with Gasteiger partial charge < -0.3 is 15.3 Å². The van der Waals surface area contributed by atoms with E-state index in [-0.39, 0.29) is 17.8 Å². The summed E-state index contributed by atoms with van der Waals surface area (Å²) in [5.41, 5.74) is -3.28. The van der Waals surface area contributed by atoms with Crippen molar-refractivity contribution < 1.29 is 27.5 Å². The molecule has 0 aliphatic carbocycles. The molecular weight excluding hydrogens is 454 g/mol. The van der Waals surface area contributed by atoms with Crippen molar-refractivity contribution >= 4 is 17.3 Å². The molecule has 178 valence electrons. The number of carbonyl (C=O) groups is 1. The van der Waals surface area contributed by atoms with E-state index in [9.17, 15) is 27.5 Å². The third kappa shape index (κ3) is 5.63. The average Bonchev–Trinajstić information content (AvgIpc) is 2.78. The molecule has 1 aliphatic rings. The first-order valence-corrected chi connectivity index (χ1v) is 10.3. The molecule has 2 N–H and O–H groups in total. The van der Waals surface area contributed by atoms with Crippen LogP contribution in [0.25, 0.3) is 0 Å². The number of amides is 1. The molecule has 3 rings (SSSR count). The summed E-state index contributed by atoms with van der Waals surface area (Å²) in [6.45, 7) is 3.04. The van der Waals surface area contributed by atoms with E-state index < -0.39 is 34.6 Å². The Morgan fingerprint density at radius 2 is 1.68 bits per heavy atom. The van der Waals surface area contributed by atoms with Gasteiger partial charge in [0.25, 0.3) is 5.91 Å². The molecule has 1 aliphatic heterocycles. The van der Waals surface area contributed by atoms with E-state index in [1.807, 2.05) is 9.80 Å². The first kappa shape index (κ1) is 25.0. The Hall–Kier alpha value is -3.67. The van der Waals surface area contributed by atoms with E-state index >= 15 is 0 Å². The van der Waals surface area contributed by atoms with Crippen LogP contribution in [0.15, 0.2) is 36.4 Å². The summed E-state index contributed by atoms with van der Waals surface area (Å²) in [4.78, 5) is 16.3. The van der Waals surface area contributed by atoms with Gasteiger partial charge in [-0.2, -0.15) is 23.7 Å². The van der Waals surface area contributed by atoms with Gasteiger partial charge in [-0.15, -0.1) is 0 Å². The van der Waals surface area contributed by atoms with E-state index in [0.29, 0.717) is 37.9 Å². The van der Waals surface area contributed by atoms with Gasteiger partial charge in [0, 0.05) is 44.1 Å². The van der Waals surface area contributed by atoms with E-state index in [1.165, 1.54) is 25.1 Å². The van der Waals surface area contributed by atoms with Crippen LogP contribution in [0.3, 0.4) is 0 Å². The zero-order valence-corrected chi connectivity index (χ0v) is 18.2. The quantitative estimate of drug-likeness (QED) is 0.645. The first-order chi connectivity index (χ1) is 15.9. The Labute approximate surface area is 193 Å². The van der Waals surface area contributed by atoms with Crippen LogP contribution in [0, 0.1) is 28.5 Å². The van der Waals surface area contributed by atoms with E-state index in [0.717, 1.165) is 12.1 Å². The van der Waals surface area contributed by atoms with Crippen LogP contribution in [0.2, 0.25) is 0 Å². The van der Waals surface area contributed by atoms with Gasteiger partial charge in [-0.25, -0.2) is 4.39 Å². The molecule has 1 saturated heterocycles. The number of nitrogens with one attached hydrogen (secondary N) is 1. The van der Waals surface area contributed by atoms with Crippen molar-refractivity contribution in [2.45, 2.75) is 18.7 Å². The number of aliphatic hydroxyl groups is 1. The number of piperazine rings is 1. The second-order valence-corrected chi connectivity index (χ2v) is 8.14. The van der Waals surface area contributed by atoms with Crippen molar-refractivity contribution in [3.8, 4) is 12.1 Å². The second-order valence-electron chi connectivity index (χ2n) is 8.14. The molecule has 1 atom stereocenters. The van der Waals surface area contributed by atoms with Crippen molar-refractivity contribution in [2.75, 3.05) is 42.9 Å². The lowest BCUT2D eigenvalue weighted by atomic mass is 10.0. The van der Waals surface area contributed by atoms with Crippen LogP contribution in [0.5, 0.6) is 0 Å². The normalized spacial score (nSPS) is 16.3. The molecule has 0 spiro atoms. The monoisotopic (exact) mass is 475 g/mol. The molecule has 1 amide bonds. The molecule has 0 saturated carbocycles. The lowest BCUT2D eigenvalue weighted by molar-refractivity contribution is -0.138. The van der Waals surface area contributed by atoms with Crippen LogP contribution in [0.1, 0.15) is 23.6 Å². The van der Waals surface area contributed by atoms with Gasteiger partial charge >= 0.3 is 6.18 Å². The second kappa shape index (κ2) is 9.67. The van der Waals surface area contributed by atoms with Crippen LogP contribution in [-0.4, -0.2) is 54.2 Å². The molecule has 2 aromatic rings. The summed E-state index contributed by atoms with van der Waals surface area (Å²) >= 11 is 0. The molecule has 0 aromatic heterocycles. The van der Waals surface area contributed by atoms with E-state index in [1.54, 1.807) is 12.1 Å². The van der Waals surface area contributed by atoms with Crippen LogP contribution in [0.4, 0.5) is 28.9 Å². The number of hydrogen-bond donors (Lipinski definition) is 2. The number of rotatable bonds is 5. The summed E-state index contributed by atoms with van der Waals surface area (Å²) in [5.74, 6) is -1.50. The Bertz CT molecular complexity index is 1160. The minimum absolute atomic E-state index is 0.0472. The SMILES string of the molecule is CC(O)(CN1CCN(c2ccc(C#N)c(F)c2)CC1)C(=O)Nc1ccc(C#N)c(C(F)(F)F)c1. The molecule has 0 bridgehead atoms. The topological polar surface area (TPSA) is 103 Å². The number of hydrogen-bond acceptors (Lipinski definition) is 6. The standard InChI is InChI=1S/C23H21F4N5O2/c1-22(34,21(33)30-17-4-2-15(12-28)19(10-17)23(25,26)27)14-31-6-8-32(9-7-31)18-5-3-16(13-29)20(24)11-18/h2-5,10-11,34H,6-9,14H2,1H3,(H,30,33). The first-order valence-electron chi connectivity index (χ1n) is 10.3. The number of carbonyl (C=O) groups excluding carboxylic acids is 1. The summed E-state index contributed by atoms with van der Waals surface area (Å²) in [6, 6.07) is 10.3. The average molecular weight is 475 g/mol. The minimum Gasteiger partial charge on any atom is -0.379 e. The lowest BCUT2D eigenvalue weighted by Gasteiger charge is -2.38. The van der Waals surface area contributed by atoms with Crippen LogP contribution < -0.4 is 10.2 Å². The third-order valence-corrected chi connectivity index (χ3v) is 5.53. The molecule has 34 heavy (non-hydrogen) atoms. The highest BCUT2D eigenvalue weighted by atomic mass is 19.4. The molecular formula is C23H21F4N5O2. The van der Waals surface area contributed by atoms with Crippen molar-refractivity contribution in [3.63, 3.8) is 0 Å². The van der Waals surface area contributed by atoms with Crippen LogP contribution in [-0.2, 0) is 11.0 Å².